The molecule has 0 fully saturated rings. The Morgan fingerprint density at radius 1 is 1.12 bits per heavy atom. The predicted octanol–water partition coefficient (Wildman–Crippen LogP) is 4.19. The molecule has 0 aliphatic carbocycles. The van der Waals surface area contributed by atoms with Crippen molar-refractivity contribution in [2.75, 3.05) is 6.54 Å². The Morgan fingerprint density at radius 3 is 2.54 bits per heavy atom. The quantitative estimate of drug-likeness (QED) is 0.681. The van der Waals surface area contributed by atoms with E-state index in [1.165, 1.54) is 0 Å². The topological polar surface area (TPSA) is 80.0 Å². The summed E-state index contributed by atoms with van der Waals surface area (Å²) in [5.74, 6) is 0.682. The summed E-state index contributed by atoms with van der Waals surface area (Å²) >= 11 is 5.91. The third kappa shape index (κ3) is 4.40. The molecule has 0 saturated carbocycles. The molecule has 0 saturated heterocycles. The Bertz CT molecular complexity index is 849. The number of hydrogen-bond acceptors (Lipinski definition) is 4. The summed E-state index contributed by atoms with van der Waals surface area (Å²) in [6.07, 6.45) is 0.852. The minimum atomic E-state index is -0.540. The summed E-state index contributed by atoms with van der Waals surface area (Å²) in [4.78, 5) is 12.1. The van der Waals surface area contributed by atoms with E-state index in [0.29, 0.717) is 23.3 Å². The zero-order valence-electron chi connectivity index (χ0n) is 14.3. The molecule has 0 aliphatic heterocycles. The van der Waals surface area contributed by atoms with Crippen LogP contribution in [0.3, 0.4) is 0 Å². The Labute approximate surface area is 156 Å². The van der Waals surface area contributed by atoms with Crippen molar-refractivity contribution in [2.45, 2.75) is 19.4 Å². The molecule has 0 bridgehead atoms. The number of nitrogens with one attached hydrogen (secondary N) is 2. The molecule has 2 amide bonds. The molecule has 2 aromatic carbocycles. The number of rotatable bonds is 6. The Kier molecular flexibility index (Phi) is 5.86. The molecule has 2 N–H and O–H groups in total. The zero-order valence-corrected chi connectivity index (χ0v) is 15.0. The predicted molar refractivity (Wildman–Crippen MR) is 99.9 cm³/mol. The molecule has 7 heteroatoms. The van der Waals surface area contributed by atoms with Crippen LogP contribution in [-0.4, -0.2) is 22.8 Å². The fourth-order valence-electron chi connectivity index (χ4n) is 2.41. The molecule has 1 unspecified atom stereocenters. The maximum Gasteiger partial charge on any atom is 0.315 e. The van der Waals surface area contributed by atoms with Crippen LogP contribution < -0.4 is 10.6 Å². The van der Waals surface area contributed by atoms with Gasteiger partial charge in [-0.3, -0.25) is 0 Å². The molecule has 0 radical (unpaired) electrons. The number of amides is 2. The van der Waals surface area contributed by atoms with Crippen LogP contribution in [0, 0.1) is 0 Å². The van der Waals surface area contributed by atoms with Crippen molar-refractivity contribution in [3.8, 4) is 11.5 Å². The van der Waals surface area contributed by atoms with Gasteiger partial charge in [0.25, 0.3) is 0 Å². The summed E-state index contributed by atoms with van der Waals surface area (Å²) in [6, 6.07) is 15.8. The van der Waals surface area contributed by atoms with Gasteiger partial charge in [-0.25, -0.2) is 4.79 Å². The van der Waals surface area contributed by atoms with Crippen molar-refractivity contribution in [1.82, 2.24) is 20.8 Å². The van der Waals surface area contributed by atoms with Crippen LogP contribution in [0.2, 0.25) is 5.02 Å². The number of urea groups is 1. The van der Waals surface area contributed by atoms with E-state index in [2.05, 4.69) is 20.8 Å². The van der Waals surface area contributed by atoms with Crippen molar-refractivity contribution in [3.63, 3.8) is 0 Å². The van der Waals surface area contributed by atoms with E-state index < -0.39 is 6.04 Å². The van der Waals surface area contributed by atoms with Crippen LogP contribution in [0.5, 0.6) is 0 Å². The minimum Gasteiger partial charge on any atom is -0.418 e. The van der Waals surface area contributed by atoms with Gasteiger partial charge >= 0.3 is 6.03 Å². The van der Waals surface area contributed by atoms with Gasteiger partial charge < -0.3 is 15.1 Å². The van der Waals surface area contributed by atoms with Gasteiger partial charge in [0.2, 0.25) is 11.8 Å². The largest absolute Gasteiger partial charge is 0.418 e. The first-order valence-corrected chi connectivity index (χ1v) is 8.74. The molecule has 26 heavy (non-hydrogen) atoms. The molecule has 1 heterocycles. The summed E-state index contributed by atoms with van der Waals surface area (Å²) in [5, 5.41) is 14.5. The van der Waals surface area contributed by atoms with Crippen LogP contribution in [0.15, 0.2) is 59.0 Å². The number of carbonyl (C=O) groups is 1. The lowest BCUT2D eigenvalue weighted by atomic mass is 10.1. The van der Waals surface area contributed by atoms with Gasteiger partial charge in [0, 0.05) is 17.1 Å². The maximum atomic E-state index is 12.1. The van der Waals surface area contributed by atoms with Crippen LogP contribution in [-0.2, 0) is 0 Å². The molecule has 6 nitrogen and oxygen atoms in total. The lowest BCUT2D eigenvalue weighted by molar-refractivity contribution is 0.237. The number of aromatic nitrogens is 2. The smallest absolute Gasteiger partial charge is 0.315 e. The van der Waals surface area contributed by atoms with E-state index in [1.54, 1.807) is 24.3 Å². The molecule has 3 aromatic rings. The highest BCUT2D eigenvalue weighted by molar-refractivity contribution is 6.30. The fraction of sp³-hybridized carbons (Fsp3) is 0.211. The molecule has 134 valence electrons. The first-order chi connectivity index (χ1) is 12.7. The average Bonchev–Trinajstić information content (AvgIpc) is 3.15. The molecule has 3 rings (SSSR count). The normalized spacial score (nSPS) is 11.8. The van der Waals surface area contributed by atoms with Crippen LogP contribution in [0.1, 0.15) is 30.8 Å². The van der Waals surface area contributed by atoms with Gasteiger partial charge in [0.05, 0.1) is 0 Å². The lowest BCUT2D eigenvalue weighted by Gasteiger charge is -2.16. The number of carbonyl (C=O) groups excluding carboxylic acids is 1. The molecular weight excluding hydrogens is 352 g/mol. The van der Waals surface area contributed by atoms with E-state index in [9.17, 15) is 4.79 Å². The van der Waals surface area contributed by atoms with Gasteiger partial charge in [0.1, 0.15) is 6.04 Å². The summed E-state index contributed by atoms with van der Waals surface area (Å²) < 4.78 is 5.82. The number of halogens is 1. The molecule has 1 atom stereocenters. The maximum absolute atomic E-state index is 12.1. The summed E-state index contributed by atoms with van der Waals surface area (Å²) in [5.41, 5.74) is 1.61. The van der Waals surface area contributed by atoms with E-state index in [1.807, 2.05) is 37.3 Å². The van der Waals surface area contributed by atoms with Crippen molar-refractivity contribution >= 4 is 17.6 Å². The SMILES string of the molecule is CCCNC(=O)NC(c1ccccc1)c1nnc(-c2ccc(Cl)cc2)o1. The van der Waals surface area contributed by atoms with Crippen molar-refractivity contribution in [3.05, 3.63) is 71.1 Å². The van der Waals surface area contributed by atoms with E-state index in [4.69, 9.17) is 16.0 Å². The Balaban J connectivity index is 1.87. The third-order valence-electron chi connectivity index (χ3n) is 3.72. The highest BCUT2D eigenvalue weighted by atomic mass is 35.5. The zero-order chi connectivity index (χ0) is 18.4. The Morgan fingerprint density at radius 2 is 1.85 bits per heavy atom. The first-order valence-electron chi connectivity index (χ1n) is 8.36. The second-order valence-electron chi connectivity index (χ2n) is 5.70. The van der Waals surface area contributed by atoms with Crippen LogP contribution >= 0.6 is 11.6 Å². The molecule has 0 aliphatic rings. The van der Waals surface area contributed by atoms with Gasteiger partial charge in [-0.1, -0.05) is 48.9 Å². The summed E-state index contributed by atoms with van der Waals surface area (Å²) in [6.45, 7) is 2.58. The van der Waals surface area contributed by atoms with E-state index >= 15 is 0 Å². The van der Waals surface area contributed by atoms with E-state index in [-0.39, 0.29) is 6.03 Å². The number of benzene rings is 2. The van der Waals surface area contributed by atoms with Crippen LogP contribution in [0.4, 0.5) is 4.79 Å². The average molecular weight is 371 g/mol. The lowest BCUT2D eigenvalue weighted by Crippen LogP contribution is -2.38. The fourth-order valence-corrected chi connectivity index (χ4v) is 2.54. The first kappa shape index (κ1) is 17.9. The molecule has 0 spiro atoms. The molecule has 1 aromatic heterocycles. The highest BCUT2D eigenvalue weighted by Crippen LogP contribution is 2.25. The number of nitrogens with zero attached hydrogens (tertiary/aromatic N) is 2. The monoisotopic (exact) mass is 370 g/mol. The van der Waals surface area contributed by atoms with Gasteiger partial charge in [-0.2, -0.15) is 0 Å². The van der Waals surface area contributed by atoms with Gasteiger partial charge in [0.15, 0.2) is 0 Å². The molecular formula is C19H19ClN4O2. The van der Waals surface area contributed by atoms with E-state index in [0.717, 1.165) is 17.5 Å². The van der Waals surface area contributed by atoms with Gasteiger partial charge in [-0.05, 0) is 36.2 Å². The van der Waals surface area contributed by atoms with Crippen molar-refractivity contribution in [2.24, 2.45) is 0 Å². The summed E-state index contributed by atoms with van der Waals surface area (Å²) in [7, 11) is 0. The van der Waals surface area contributed by atoms with Crippen molar-refractivity contribution in [1.29, 1.82) is 0 Å². The Hall–Kier alpha value is -2.86. The standard InChI is InChI=1S/C19H19ClN4O2/c1-2-12-21-19(25)22-16(13-6-4-3-5-7-13)18-24-23-17(26-18)14-8-10-15(20)11-9-14/h3-11,16H,2,12H2,1H3,(H2,21,22,25). The van der Waals surface area contributed by atoms with Crippen molar-refractivity contribution < 1.29 is 9.21 Å². The second-order valence-corrected chi connectivity index (χ2v) is 6.13. The second kappa shape index (κ2) is 8.49. The minimum absolute atomic E-state index is 0.285. The van der Waals surface area contributed by atoms with Gasteiger partial charge in [-0.15, -0.1) is 10.2 Å². The van der Waals surface area contributed by atoms with Crippen LogP contribution in [0.25, 0.3) is 11.5 Å². The third-order valence-corrected chi connectivity index (χ3v) is 3.97. The number of hydrogen-bond donors (Lipinski definition) is 2. The highest BCUT2D eigenvalue weighted by Gasteiger charge is 2.23.